The van der Waals surface area contributed by atoms with E-state index in [2.05, 4.69) is 0 Å². The Morgan fingerprint density at radius 1 is 1.43 bits per heavy atom. The van der Waals surface area contributed by atoms with Crippen molar-refractivity contribution >= 4 is 39.8 Å². The maximum absolute atomic E-state index is 11.7. The van der Waals surface area contributed by atoms with Crippen LogP contribution in [-0.4, -0.2) is 40.1 Å². The first kappa shape index (κ1) is 17.7. The number of phenols is 1. The summed E-state index contributed by atoms with van der Waals surface area (Å²) in [7, 11) is 3.75. The number of nitrogens with two attached hydrogens (primary N) is 1. The molecule has 0 bridgehead atoms. The van der Waals surface area contributed by atoms with E-state index in [0.717, 1.165) is 15.6 Å². The fourth-order valence-electron chi connectivity index (χ4n) is 2.16. The van der Waals surface area contributed by atoms with Gasteiger partial charge in [-0.3, -0.25) is 4.79 Å². The summed E-state index contributed by atoms with van der Waals surface area (Å²) in [5.74, 6) is 6.37. The van der Waals surface area contributed by atoms with Crippen molar-refractivity contribution in [3.05, 3.63) is 22.8 Å². The van der Waals surface area contributed by atoms with Crippen LogP contribution >= 0.6 is 24.0 Å². The molecule has 0 atom stereocenters. The van der Waals surface area contributed by atoms with E-state index in [4.69, 9.17) is 18.1 Å². The maximum Gasteiger partial charge on any atom is 0.163 e. The number of phenolic OH excluding ortho intramolecular Hbond substituents is 1. The molecule has 0 aliphatic heterocycles. The minimum absolute atomic E-state index is 0.00823. The van der Waals surface area contributed by atoms with Gasteiger partial charge < -0.3 is 15.0 Å². The number of hydrazine groups is 1. The van der Waals surface area contributed by atoms with Crippen LogP contribution in [-0.2, 0) is 0 Å². The third-order valence-corrected chi connectivity index (χ3v) is 4.78. The zero-order valence-electron chi connectivity index (χ0n) is 12.9. The normalized spacial score (nSPS) is 10.4. The van der Waals surface area contributed by atoms with Gasteiger partial charge in [0.2, 0.25) is 0 Å². The smallest absolute Gasteiger partial charge is 0.163 e. The summed E-state index contributed by atoms with van der Waals surface area (Å²) in [5.41, 5.74) is 2.55. The van der Waals surface area contributed by atoms with Gasteiger partial charge in [0, 0.05) is 14.1 Å². The first-order valence-corrected chi connectivity index (χ1v) is 7.76. The highest BCUT2D eigenvalue weighted by atomic mass is 32.2. The zero-order valence-corrected chi connectivity index (χ0v) is 14.6. The first-order valence-electron chi connectivity index (χ1n) is 6.37. The number of thioether (sulfide) groups is 1. The molecule has 0 aliphatic carbocycles. The third kappa shape index (κ3) is 4.09. The van der Waals surface area contributed by atoms with Crippen LogP contribution in [0.1, 0.15) is 28.4 Å². The minimum atomic E-state index is -0.184. The fourth-order valence-corrected chi connectivity index (χ4v) is 2.95. The molecule has 116 valence electrons. The Morgan fingerprint density at radius 2 is 2.00 bits per heavy atom. The highest BCUT2D eigenvalue weighted by Gasteiger charge is 2.19. The number of aromatic hydroxyl groups is 1. The predicted octanol–water partition coefficient (Wildman–Crippen LogP) is 2.43. The molecule has 1 aromatic carbocycles. The topological polar surface area (TPSA) is 69.8 Å². The van der Waals surface area contributed by atoms with E-state index in [1.807, 2.05) is 25.9 Å². The monoisotopic (exact) mass is 327 g/mol. The lowest BCUT2D eigenvalue weighted by molar-refractivity contribution is 0.101. The van der Waals surface area contributed by atoms with Crippen LogP contribution in [0.4, 0.5) is 5.69 Å². The van der Waals surface area contributed by atoms with E-state index in [1.165, 1.54) is 18.7 Å². The number of carbonyl (C=O) groups excluding carboxylic acids is 1. The molecular formula is C14H21N3O2S2. The number of Topliss-reactive ketones (excluding diaryl/α,β-unsaturated/α-hetero) is 1. The number of nitrogens with zero attached hydrogens (tertiary/aromatic N) is 2. The van der Waals surface area contributed by atoms with Gasteiger partial charge in [0.15, 0.2) is 5.78 Å². The quantitative estimate of drug-likeness (QED) is 0.289. The summed E-state index contributed by atoms with van der Waals surface area (Å²) in [6.45, 7) is 5.06. The van der Waals surface area contributed by atoms with Crippen LogP contribution in [0, 0.1) is 13.8 Å². The standard InChI is InChI=1S/C14H21N3O2S2/c1-8-6-11(19)12(10(3)18)9(2)13(8)17(15)7-21-14(20)16(4)5/h6,19H,7,15H2,1-5H3. The summed E-state index contributed by atoms with van der Waals surface area (Å²) in [5, 5.41) is 11.5. The number of aryl methyl sites for hydroxylation is 1. The van der Waals surface area contributed by atoms with Crippen LogP contribution in [0.5, 0.6) is 5.75 Å². The number of thiocarbonyl (C=S) groups is 1. The van der Waals surface area contributed by atoms with E-state index in [0.29, 0.717) is 17.0 Å². The summed E-state index contributed by atoms with van der Waals surface area (Å²) in [6.07, 6.45) is 0. The molecule has 5 nitrogen and oxygen atoms in total. The fraction of sp³-hybridized carbons (Fsp3) is 0.429. The van der Waals surface area contributed by atoms with Gasteiger partial charge in [0.1, 0.15) is 10.1 Å². The highest BCUT2D eigenvalue weighted by molar-refractivity contribution is 8.22. The second kappa shape index (κ2) is 7.11. The van der Waals surface area contributed by atoms with Gasteiger partial charge in [0.05, 0.1) is 17.1 Å². The Kier molecular flexibility index (Phi) is 6.00. The molecule has 0 fully saturated rings. The van der Waals surface area contributed by atoms with Gasteiger partial charge in [0.25, 0.3) is 0 Å². The lowest BCUT2D eigenvalue weighted by Gasteiger charge is -2.25. The van der Waals surface area contributed by atoms with Crippen LogP contribution in [0.3, 0.4) is 0 Å². The number of carbonyl (C=O) groups is 1. The number of benzene rings is 1. The van der Waals surface area contributed by atoms with Crippen molar-refractivity contribution in [3.8, 4) is 5.75 Å². The molecule has 7 heteroatoms. The number of hydrogen-bond donors (Lipinski definition) is 2. The van der Waals surface area contributed by atoms with Gasteiger partial charge in [-0.15, -0.1) is 0 Å². The maximum atomic E-state index is 11.7. The summed E-state index contributed by atoms with van der Waals surface area (Å²) >= 11 is 6.65. The second-order valence-corrected chi connectivity index (χ2v) is 6.60. The van der Waals surface area contributed by atoms with Gasteiger partial charge >= 0.3 is 0 Å². The summed E-state index contributed by atoms with van der Waals surface area (Å²) < 4.78 is 0.728. The van der Waals surface area contributed by atoms with Crippen molar-refractivity contribution < 1.29 is 9.90 Å². The van der Waals surface area contributed by atoms with Crippen molar-refractivity contribution in [3.63, 3.8) is 0 Å². The molecule has 0 spiro atoms. The van der Waals surface area contributed by atoms with Crippen LogP contribution in [0.2, 0.25) is 0 Å². The third-order valence-electron chi connectivity index (χ3n) is 3.04. The van der Waals surface area contributed by atoms with E-state index >= 15 is 0 Å². The van der Waals surface area contributed by atoms with Crippen molar-refractivity contribution in [2.75, 3.05) is 25.0 Å². The zero-order chi connectivity index (χ0) is 16.3. The Bertz CT molecular complexity index is 574. The summed E-state index contributed by atoms with van der Waals surface area (Å²) in [4.78, 5) is 13.5. The molecule has 3 N–H and O–H groups in total. The molecular weight excluding hydrogens is 306 g/mol. The van der Waals surface area contributed by atoms with Crippen LogP contribution < -0.4 is 10.9 Å². The predicted molar refractivity (Wildman–Crippen MR) is 93.0 cm³/mol. The molecule has 0 amide bonds. The molecule has 0 radical (unpaired) electrons. The van der Waals surface area contributed by atoms with Crippen molar-refractivity contribution in [1.82, 2.24) is 4.90 Å². The second-order valence-electron chi connectivity index (χ2n) is 5.02. The SMILES string of the molecule is CC(=O)c1c(O)cc(C)c(N(N)CSC(=S)N(C)C)c1C. The highest BCUT2D eigenvalue weighted by Crippen LogP contribution is 2.33. The van der Waals surface area contributed by atoms with E-state index < -0.39 is 0 Å². The Balaban J connectivity index is 3.10. The Labute approximate surface area is 135 Å². The molecule has 0 aromatic heterocycles. The van der Waals surface area contributed by atoms with E-state index in [-0.39, 0.29) is 11.5 Å². The molecule has 21 heavy (non-hydrogen) atoms. The van der Waals surface area contributed by atoms with Crippen LogP contribution in [0.15, 0.2) is 6.07 Å². The average Bonchev–Trinajstić information content (AvgIpc) is 2.34. The number of hydrogen-bond acceptors (Lipinski definition) is 6. The molecule has 1 aromatic rings. The molecule has 0 aliphatic rings. The van der Waals surface area contributed by atoms with Gasteiger partial charge in [-0.2, -0.15) is 0 Å². The van der Waals surface area contributed by atoms with Gasteiger partial charge in [-0.25, -0.2) is 5.84 Å². The van der Waals surface area contributed by atoms with Gasteiger partial charge in [-0.1, -0.05) is 24.0 Å². The summed E-state index contributed by atoms with van der Waals surface area (Å²) in [6, 6.07) is 1.56. The molecule has 0 saturated heterocycles. The molecule has 1 rings (SSSR count). The molecule has 0 unspecified atom stereocenters. The first-order chi connectivity index (χ1) is 9.66. The lowest BCUT2D eigenvalue weighted by Crippen LogP contribution is -2.33. The average molecular weight is 327 g/mol. The lowest BCUT2D eigenvalue weighted by atomic mass is 9.98. The molecule has 0 heterocycles. The molecule has 0 saturated carbocycles. The number of rotatable bonds is 4. The Morgan fingerprint density at radius 3 is 2.48 bits per heavy atom. The van der Waals surface area contributed by atoms with Crippen LogP contribution in [0.25, 0.3) is 0 Å². The van der Waals surface area contributed by atoms with Crippen molar-refractivity contribution in [2.45, 2.75) is 20.8 Å². The van der Waals surface area contributed by atoms with Crippen molar-refractivity contribution in [1.29, 1.82) is 0 Å². The largest absolute Gasteiger partial charge is 0.507 e. The van der Waals surface area contributed by atoms with Crippen molar-refractivity contribution in [2.24, 2.45) is 5.84 Å². The number of anilines is 1. The van der Waals surface area contributed by atoms with Gasteiger partial charge in [-0.05, 0) is 38.0 Å². The minimum Gasteiger partial charge on any atom is -0.507 e. The van der Waals surface area contributed by atoms with E-state index in [9.17, 15) is 9.90 Å². The number of ketones is 1. The van der Waals surface area contributed by atoms with E-state index in [1.54, 1.807) is 18.0 Å². The Hall–Kier alpha value is -1.31.